The number of carbonyl (C=O) groups is 1. The molecule has 11 nitrogen and oxygen atoms in total. The van der Waals surface area contributed by atoms with Crippen LogP contribution in [0.5, 0.6) is 23.1 Å². The number of benzene rings is 1. The van der Waals surface area contributed by atoms with E-state index in [2.05, 4.69) is 25.4 Å². The minimum atomic E-state index is -0.754. The van der Waals surface area contributed by atoms with E-state index in [1.165, 1.54) is 57.3 Å². The first kappa shape index (κ1) is 24.4. The van der Waals surface area contributed by atoms with Crippen molar-refractivity contribution in [2.24, 2.45) is 0 Å². The molecule has 0 atom stereocenters. The first-order valence-corrected chi connectivity index (χ1v) is 11.2. The van der Waals surface area contributed by atoms with Crippen LogP contribution in [-0.2, 0) is 0 Å². The van der Waals surface area contributed by atoms with Crippen molar-refractivity contribution in [3.05, 3.63) is 82.5 Å². The molecule has 0 bridgehead atoms. The summed E-state index contributed by atoms with van der Waals surface area (Å²) in [6, 6.07) is 7.04. The Morgan fingerprint density at radius 2 is 1.95 bits per heavy atom. The number of nitrogens with one attached hydrogen (secondary N) is 2. The van der Waals surface area contributed by atoms with Crippen LogP contribution in [0.1, 0.15) is 16.1 Å². The monoisotopic (exact) mass is 517 g/mol. The van der Waals surface area contributed by atoms with Gasteiger partial charge in [-0.1, -0.05) is 5.16 Å². The first-order valence-electron chi connectivity index (χ1n) is 11.2. The third kappa shape index (κ3) is 4.50. The summed E-state index contributed by atoms with van der Waals surface area (Å²) in [5.74, 6) is -0.751. The number of aryl methyl sites for hydroxylation is 1. The van der Waals surface area contributed by atoms with Crippen molar-refractivity contribution in [1.29, 1.82) is 0 Å². The Hall–Kier alpha value is -5.26. The molecule has 2 N–H and O–H groups in total. The van der Waals surface area contributed by atoms with Gasteiger partial charge in [0, 0.05) is 47.5 Å². The molecule has 0 radical (unpaired) electrons. The van der Waals surface area contributed by atoms with E-state index in [-0.39, 0.29) is 34.2 Å². The molecule has 0 saturated heterocycles. The number of fused-ring (bicyclic) bond motifs is 1. The van der Waals surface area contributed by atoms with E-state index in [9.17, 15) is 14.0 Å². The number of nitrogens with zero attached hydrogens (tertiary/aromatic N) is 3. The molecule has 0 saturated carbocycles. The van der Waals surface area contributed by atoms with E-state index in [0.29, 0.717) is 28.0 Å². The molecule has 0 aliphatic carbocycles. The van der Waals surface area contributed by atoms with Gasteiger partial charge in [0.25, 0.3) is 11.8 Å². The van der Waals surface area contributed by atoms with Crippen LogP contribution in [0.2, 0.25) is 0 Å². The highest BCUT2D eigenvalue weighted by Gasteiger charge is 2.19. The lowest BCUT2D eigenvalue weighted by Gasteiger charge is -2.12. The molecule has 0 spiro atoms. The second-order valence-corrected chi connectivity index (χ2v) is 8.02. The maximum Gasteiger partial charge on any atom is 0.261 e. The standard InChI is InChI=1S/C26H20FN5O6/c1-13-22(14-10-30-37-12-14)24(33)16(11-29-13)25(34)31-15-4-5-19(17(27)8-15)38-20-6-7-28-18-9-21(35-2)26(36-3)32-23(18)20/h4-12H,1-3H3,(H,29,33)(H,31,34). The quantitative estimate of drug-likeness (QED) is 0.319. The van der Waals surface area contributed by atoms with Gasteiger partial charge < -0.3 is 29.0 Å². The lowest BCUT2D eigenvalue weighted by molar-refractivity contribution is 0.102. The van der Waals surface area contributed by atoms with Crippen LogP contribution in [0.4, 0.5) is 10.1 Å². The minimum Gasteiger partial charge on any atom is -0.491 e. The molecule has 0 aliphatic rings. The van der Waals surface area contributed by atoms with Crippen molar-refractivity contribution >= 4 is 22.6 Å². The molecule has 4 aromatic heterocycles. The van der Waals surface area contributed by atoms with Crippen molar-refractivity contribution in [3.8, 4) is 34.3 Å². The summed E-state index contributed by atoms with van der Waals surface area (Å²) in [5.41, 5.74) is 1.45. The van der Waals surface area contributed by atoms with Crippen LogP contribution in [0.25, 0.3) is 22.2 Å². The van der Waals surface area contributed by atoms with E-state index in [1.54, 1.807) is 13.0 Å². The number of amides is 1. The number of aromatic amines is 1. The van der Waals surface area contributed by atoms with Gasteiger partial charge in [0.2, 0.25) is 5.43 Å². The normalized spacial score (nSPS) is 10.8. The van der Waals surface area contributed by atoms with Crippen molar-refractivity contribution in [2.45, 2.75) is 6.92 Å². The molecule has 5 aromatic rings. The summed E-state index contributed by atoms with van der Waals surface area (Å²) >= 11 is 0. The van der Waals surface area contributed by atoms with Gasteiger partial charge in [-0.25, -0.2) is 9.37 Å². The zero-order valence-corrected chi connectivity index (χ0v) is 20.4. The molecule has 12 heteroatoms. The van der Waals surface area contributed by atoms with Gasteiger partial charge >= 0.3 is 0 Å². The van der Waals surface area contributed by atoms with Crippen LogP contribution in [0.3, 0.4) is 0 Å². The van der Waals surface area contributed by atoms with Gasteiger partial charge in [0.15, 0.2) is 23.1 Å². The number of pyridine rings is 3. The molecule has 192 valence electrons. The predicted molar refractivity (Wildman–Crippen MR) is 134 cm³/mol. The van der Waals surface area contributed by atoms with Crippen molar-refractivity contribution in [2.75, 3.05) is 19.5 Å². The number of hydrogen-bond donors (Lipinski definition) is 2. The largest absolute Gasteiger partial charge is 0.491 e. The van der Waals surface area contributed by atoms with Gasteiger partial charge in [0.05, 0.1) is 31.5 Å². The zero-order valence-electron chi connectivity index (χ0n) is 20.4. The minimum absolute atomic E-state index is 0.116. The summed E-state index contributed by atoms with van der Waals surface area (Å²) in [5, 5.41) is 6.14. The molecule has 4 heterocycles. The number of H-pyrrole nitrogens is 1. The number of carbonyl (C=O) groups excluding carboxylic acids is 1. The Labute approximate surface area is 214 Å². The molecular formula is C26H20FN5O6. The molecule has 0 aliphatic heterocycles. The number of hydrogen-bond acceptors (Lipinski definition) is 9. The number of anilines is 1. The maximum absolute atomic E-state index is 15.0. The lowest BCUT2D eigenvalue weighted by Crippen LogP contribution is -2.23. The van der Waals surface area contributed by atoms with Gasteiger partial charge in [-0.05, 0) is 19.1 Å². The number of methoxy groups -OCH3 is 2. The number of halogens is 1. The fourth-order valence-corrected chi connectivity index (χ4v) is 3.83. The molecule has 1 aromatic carbocycles. The van der Waals surface area contributed by atoms with E-state index in [1.807, 2.05) is 0 Å². The Morgan fingerprint density at radius 1 is 1.11 bits per heavy atom. The highest BCUT2D eigenvalue weighted by Crippen LogP contribution is 2.35. The van der Waals surface area contributed by atoms with Crippen LogP contribution >= 0.6 is 0 Å². The van der Waals surface area contributed by atoms with Crippen LogP contribution in [0, 0.1) is 12.7 Å². The number of rotatable bonds is 7. The van der Waals surface area contributed by atoms with Crippen molar-refractivity contribution in [3.63, 3.8) is 0 Å². The first-order chi connectivity index (χ1) is 18.4. The molecule has 5 rings (SSSR count). The molecular weight excluding hydrogens is 497 g/mol. The highest BCUT2D eigenvalue weighted by molar-refractivity contribution is 6.04. The van der Waals surface area contributed by atoms with Crippen LogP contribution in [0.15, 0.2) is 64.5 Å². The second-order valence-electron chi connectivity index (χ2n) is 8.02. The van der Waals surface area contributed by atoms with E-state index < -0.39 is 17.2 Å². The van der Waals surface area contributed by atoms with E-state index in [0.717, 1.165) is 6.07 Å². The van der Waals surface area contributed by atoms with Gasteiger partial charge in [-0.15, -0.1) is 0 Å². The summed E-state index contributed by atoms with van der Waals surface area (Å²) in [7, 11) is 2.92. The third-order valence-corrected chi connectivity index (χ3v) is 5.68. The Morgan fingerprint density at radius 3 is 2.66 bits per heavy atom. The average molecular weight is 517 g/mol. The fraction of sp³-hybridized carbons (Fsp3) is 0.115. The molecule has 0 unspecified atom stereocenters. The topological polar surface area (TPSA) is 141 Å². The van der Waals surface area contributed by atoms with E-state index in [4.69, 9.17) is 18.7 Å². The SMILES string of the molecule is COc1cc2nccc(Oc3ccc(NC(=O)c4c[nH]c(C)c(-c5cnoc5)c4=O)cc3F)c2nc1OC. The van der Waals surface area contributed by atoms with Gasteiger partial charge in [-0.2, -0.15) is 0 Å². The number of aromatic nitrogens is 4. The Bertz CT molecular complexity index is 1720. The Kier molecular flexibility index (Phi) is 6.44. The zero-order chi connectivity index (χ0) is 26.8. The second kappa shape index (κ2) is 10.0. The summed E-state index contributed by atoms with van der Waals surface area (Å²) in [6.45, 7) is 1.69. The average Bonchev–Trinajstić information content (AvgIpc) is 3.44. The van der Waals surface area contributed by atoms with E-state index >= 15 is 0 Å². The fourth-order valence-electron chi connectivity index (χ4n) is 3.83. The lowest BCUT2D eigenvalue weighted by atomic mass is 10.0. The third-order valence-electron chi connectivity index (χ3n) is 5.68. The van der Waals surface area contributed by atoms with Crippen molar-refractivity contribution < 1.29 is 27.9 Å². The highest BCUT2D eigenvalue weighted by atomic mass is 19.1. The molecule has 0 fully saturated rings. The predicted octanol–water partition coefficient (Wildman–Crippen LogP) is 4.48. The van der Waals surface area contributed by atoms with Gasteiger partial charge in [0.1, 0.15) is 17.3 Å². The molecule has 1 amide bonds. The van der Waals surface area contributed by atoms with Gasteiger partial charge in [-0.3, -0.25) is 14.6 Å². The van der Waals surface area contributed by atoms with Crippen molar-refractivity contribution in [1.82, 2.24) is 20.1 Å². The summed E-state index contributed by atoms with van der Waals surface area (Å²) in [4.78, 5) is 37.3. The summed E-state index contributed by atoms with van der Waals surface area (Å²) in [6.07, 6.45) is 5.47. The van der Waals surface area contributed by atoms with Crippen LogP contribution in [-0.4, -0.2) is 40.2 Å². The maximum atomic E-state index is 15.0. The van der Waals surface area contributed by atoms with Crippen LogP contribution < -0.4 is 25.0 Å². The smallest absolute Gasteiger partial charge is 0.261 e. The Balaban J connectivity index is 1.40. The summed E-state index contributed by atoms with van der Waals surface area (Å²) < 4.78 is 36.1. The molecule has 38 heavy (non-hydrogen) atoms. The number of ether oxygens (including phenoxy) is 3.